The van der Waals surface area contributed by atoms with Crippen LogP contribution in [0.15, 0.2) is 12.2 Å². The number of aliphatic hydroxyl groups excluding tert-OH is 1. The molecule has 0 aromatic carbocycles. The molecule has 0 aromatic heterocycles. The fourth-order valence-electron chi connectivity index (χ4n) is 2.58. The molecule has 1 aliphatic carbocycles. The molecule has 2 atom stereocenters. The van der Waals surface area contributed by atoms with E-state index >= 15 is 0 Å². The van der Waals surface area contributed by atoms with E-state index in [1.165, 1.54) is 0 Å². The molecule has 1 aliphatic rings. The smallest absolute Gasteiger partial charge is 0.130 e. The van der Waals surface area contributed by atoms with Gasteiger partial charge in [0.15, 0.2) is 0 Å². The summed E-state index contributed by atoms with van der Waals surface area (Å²) in [6.45, 7) is 9.72. The first-order chi connectivity index (χ1) is 6.34. The van der Waals surface area contributed by atoms with Gasteiger partial charge in [0.2, 0.25) is 0 Å². The first kappa shape index (κ1) is 11.4. The van der Waals surface area contributed by atoms with Crippen LogP contribution in [0.25, 0.3) is 0 Å². The van der Waals surface area contributed by atoms with Gasteiger partial charge >= 0.3 is 0 Å². The Kier molecular flexibility index (Phi) is 3.15. The van der Waals surface area contributed by atoms with E-state index in [1.54, 1.807) is 6.92 Å². The molecule has 1 N–H and O–H groups in total. The summed E-state index contributed by atoms with van der Waals surface area (Å²) in [5.74, 6) is 0.505. The summed E-state index contributed by atoms with van der Waals surface area (Å²) < 4.78 is 0. The molecule has 0 bridgehead atoms. The second kappa shape index (κ2) is 3.85. The third-order valence-electron chi connectivity index (χ3n) is 3.25. The predicted molar refractivity (Wildman–Crippen MR) is 56.9 cm³/mol. The van der Waals surface area contributed by atoms with Crippen LogP contribution in [0.1, 0.15) is 40.0 Å². The zero-order valence-corrected chi connectivity index (χ0v) is 9.34. The molecule has 1 rings (SSSR count). The molecule has 0 radical (unpaired) electrons. The Labute approximate surface area is 86.0 Å². The van der Waals surface area contributed by atoms with Gasteiger partial charge in [-0.1, -0.05) is 20.4 Å². The Balaban J connectivity index is 2.73. The largest absolute Gasteiger partial charge is 0.389 e. The third-order valence-corrected chi connectivity index (χ3v) is 3.25. The summed E-state index contributed by atoms with van der Waals surface area (Å²) in [6.07, 6.45) is 1.97. The number of carbonyl (C=O) groups excluding carboxylic acids is 1. The van der Waals surface area contributed by atoms with E-state index < -0.39 is 0 Å². The van der Waals surface area contributed by atoms with Gasteiger partial charge in [0.25, 0.3) is 0 Å². The van der Waals surface area contributed by atoms with Gasteiger partial charge < -0.3 is 9.90 Å². The lowest BCUT2D eigenvalue weighted by atomic mass is 9.73. The molecule has 0 spiro atoms. The minimum Gasteiger partial charge on any atom is -0.389 e. The monoisotopic (exact) mass is 196 g/mol. The van der Waals surface area contributed by atoms with E-state index in [0.29, 0.717) is 12.3 Å². The second-order valence-electron chi connectivity index (χ2n) is 5.09. The first-order valence-electron chi connectivity index (χ1n) is 5.21. The minimum absolute atomic E-state index is 0.0552. The lowest BCUT2D eigenvalue weighted by Gasteiger charge is -2.31. The summed E-state index contributed by atoms with van der Waals surface area (Å²) in [5, 5.41) is 9.58. The van der Waals surface area contributed by atoms with Crippen LogP contribution in [0, 0.1) is 11.3 Å². The Bertz CT molecular complexity index is 253. The fraction of sp³-hybridized carbons (Fsp3) is 0.750. The quantitative estimate of drug-likeness (QED) is 0.703. The van der Waals surface area contributed by atoms with Crippen LogP contribution >= 0.6 is 0 Å². The van der Waals surface area contributed by atoms with Crippen LogP contribution < -0.4 is 0 Å². The van der Waals surface area contributed by atoms with Crippen molar-refractivity contribution in [3.63, 3.8) is 0 Å². The van der Waals surface area contributed by atoms with Gasteiger partial charge in [-0.2, -0.15) is 0 Å². The molecule has 0 aromatic rings. The number of aliphatic hydroxyl groups is 1. The molecular formula is C12H20O2. The highest BCUT2D eigenvalue weighted by molar-refractivity contribution is 5.76. The fourth-order valence-corrected chi connectivity index (χ4v) is 2.58. The van der Waals surface area contributed by atoms with Crippen molar-refractivity contribution in [2.45, 2.75) is 46.1 Å². The average Bonchev–Trinajstić information content (AvgIpc) is 2.30. The van der Waals surface area contributed by atoms with E-state index in [2.05, 4.69) is 20.4 Å². The molecule has 0 saturated heterocycles. The van der Waals surface area contributed by atoms with E-state index in [0.717, 1.165) is 18.4 Å². The van der Waals surface area contributed by atoms with Gasteiger partial charge in [-0.05, 0) is 36.7 Å². The van der Waals surface area contributed by atoms with Crippen molar-refractivity contribution in [3.05, 3.63) is 12.2 Å². The van der Waals surface area contributed by atoms with Gasteiger partial charge in [-0.3, -0.25) is 0 Å². The summed E-state index contributed by atoms with van der Waals surface area (Å²) in [4.78, 5) is 11.1. The normalized spacial score (nSPS) is 28.1. The molecule has 2 nitrogen and oxygen atoms in total. The van der Waals surface area contributed by atoms with Gasteiger partial charge in [0, 0.05) is 6.42 Å². The number of carbonyl (C=O) groups is 1. The van der Waals surface area contributed by atoms with Crippen molar-refractivity contribution < 1.29 is 9.90 Å². The van der Waals surface area contributed by atoms with Crippen molar-refractivity contribution in [2.24, 2.45) is 11.3 Å². The van der Waals surface area contributed by atoms with Gasteiger partial charge in [0.1, 0.15) is 5.78 Å². The average molecular weight is 196 g/mol. The Hall–Kier alpha value is -0.630. The highest BCUT2D eigenvalue weighted by Gasteiger charge is 2.38. The van der Waals surface area contributed by atoms with Crippen LogP contribution in [-0.4, -0.2) is 17.0 Å². The van der Waals surface area contributed by atoms with Crippen molar-refractivity contribution in [3.8, 4) is 0 Å². The number of rotatable bonds is 3. The summed E-state index contributed by atoms with van der Waals surface area (Å²) in [5.41, 5.74) is 0.858. The molecule has 80 valence electrons. The highest BCUT2D eigenvalue weighted by atomic mass is 16.3. The number of hydrogen-bond donors (Lipinski definition) is 1. The molecule has 14 heavy (non-hydrogen) atoms. The zero-order chi connectivity index (χ0) is 10.9. The standard InChI is InChI=1S/C12H20O2/c1-8(13)7-12(3,4)10-5-6-11(14)9(10)2/h10-11,14H,2,5-7H2,1,3-4H3/t10-,11-/m1/s1. The number of hydrogen-bond acceptors (Lipinski definition) is 2. The van der Waals surface area contributed by atoms with Crippen LogP contribution in [0.3, 0.4) is 0 Å². The Morgan fingerprint density at radius 1 is 1.57 bits per heavy atom. The van der Waals surface area contributed by atoms with Crippen molar-refractivity contribution in [1.82, 2.24) is 0 Å². The van der Waals surface area contributed by atoms with Gasteiger partial charge in [-0.15, -0.1) is 0 Å². The van der Waals surface area contributed by atoms with Gasteiger partial charge in [-0.25, -0.2) is 0 Å². The maximum Gasteiger partial charge on any atom is 0.130 e. The SMILES string of the molecule is C=C1[C@H](O)CC[C@H]1C(C)(C)CC(C)=O. The molecule has 2 heteroatoms. The van der Waals surface area contributed by atoms with E-state index in [-0.39, 0.29) is 17.3 Å². The minimum atomic E-state index is -0.355. The summed E-state index contributed by atoms with van der Waals surface area (Å²) in [6, 6.07) is 0. The Morgan fingerprint density at radius 3 is 2.50 bits per heavy atom. The maximum atomic E-state index is 11.1. The van der Waals surface area contributed by atoms with Crippen LogP contribution in [-0.2, 0) is 4.79 Å². The maximum absolute atomic E-state index is 11.1. The van der Waals surface area contributed by atoms with E-state index in [1.807, 2.05) is 0 Å². The van der Waals surface area contributed by atoms with Crippen LogP contribution in [0.5, 0.6) is 0 Å². The topological polar surface area (TPSA) is 37.3 Å². The molecule has 1 saturated carbocycles. The Morgan fingerprint density at radius 2 is 2.14 bits per heavy atom. The van der Waals surface area contributed by atoms with Crippen LogP contribution in [0.2, 0.25) is 0 Å². The molecule has 1 fully saturated rings. The van der Waals surface area contributed by atoms with Crippen molar-refractivity contribution in [2.75, 3.05) is 0 Å². The first-order valence-corrected chi connectivity index (χ1v) is 5.21. The predicted octanol–water partition coefficient (Wildman–Crippen LogP) is 2.32. The van der Waals surface area contributed by atoms with Crippen molar-refractivity contribution in [1.29, 1.82) is 0 Å². The lowest BCUT2D eigenvalue weighted by Crippen LogP contribution is -2.26. The second-order valence-corrected chi connectivity index (χ2v) is 5.09. The van der Waals surface area contributed by atoms with Crippen molar-refractivity contribution >= 4 is 5.78 Å². The highest BCUT2D eigenvalue weighted by Crippen LogP contribution is 2.44. The molecule has 0 heterocycles. The third kappa shape index (κ3) is 2.24. The van der Waals surface area contributed by atoms with Crippen LogP contribution in [0.4, 0.5) is 0 Å². The number of Topliss-reactive ketones (excluding diaryl/α,β-unsaturated/α-hetero) is 1. The molecule has 0 unspecified atom stereocenters. The lowest BCUT2D eigenvalue weighted by molar-refractivity contribution is -0.119. The zero-order valence-electron chi connectivity index (χ0n) is 9.34. The van der Waals surface area contributed by atoms with E-state index in [9.17, 15) is 9.90 Å². The van der Waals surface area contributed by atoms with Gasteiger partial charge in [0.05, 0.1) is 6.10 Å². The van der Waals surface area contributed by atoms with E-state index in [4.69, 9.17) is 0 Å². The molecule has 0 aliphatic heterocycles. The number of ketones is 1. The molecular weight excluding hydrogens is 176 g/mol. The molecule has 0 amide bonds. The summed E-state index contributed by atoms with van der Waals surface area (Å²) in [7, 11) is 0. The summed E-state index contributed by atoms with van der Waals surface area (Å²) >= 11 is 0.